The molecular weight excluding hydrogens is 272 g/mol. The molecule has 0 radical (unpaired) electrons. The predicted octanol–water partition coefficient (Wildman–Crippen LogP) is 1.47. The van der Waals surface area contributed by atoms with Crippen LogP contribution < -0.4 is 0 Å². The summed E-state index contributed by atoms with van der Waals surface area (Å²) in [4.78, 5) is 9.76. The van der Waals surface area contributed by atoms with Crippen molar-refractivity contribution in [1.82, 2.24) is 4.31 Å². The number of aromatic hydroxyl groups is 1. The molecule has 1 saturated heterocycles. The van der Waals surface area contributed by atoms with E-state index in [0.29, 0.717) is 6.54 Å². The van der Waals surface area contributed by atoms with Gasteiger partial charge in [0.2, 0.25) is 10.0 Å². The average molecular weight is 286 g/mol. The van der Waals surface area contributed by atoms with Crippen molar-refractivity contribution in [2.24, 2.45) is 0 Å². The first-order chi connectivity index (χ1) is 8.84. The molecule has 1 aliphatic rings. The van der Waals surface area contributed by atoms with Gasteiger partial charge in [-0.1, -0.05) is 0 Å². The largest absolute Gasteiger partial charge is 0.502 e. The highest BCUT2D eigenvalue weighted by Crippen LogP contribution is 2.31. The van der Waals surface area contributed by atoms with Gasteiger partial charge in [-0.05, 0) is 31.9 Å². The van der Waals surface area contributed by atoms with E-state index in [1.165, 1.54) is 10.4 Å². The first-order valence-electron chi connectivity index (χ1n) is 5.83. The van der Waals surface area contributed by atoms with E-state index in [1.807, 2.05) is 0 Å². The molecule has 0 bridgehead atoms. The summed E-state index contributed by atoms with van der Waals surface area (Å²) in [5.41, 5.74) is -0.604. The molecule has 1 fully saturated rings. The molecule has 0 saturated carbocycles. The lowest BCUT2D eigenvalue weighted by atomic mass is 10.3. The summed E-state index contributed by atoms with van der Waals surface area (Å²) >= 11 is 0. The molecule has 1 N–H and O–H groups in total. The molecule has 0 aromatic heterocycles. The lowest BCUT2D eigenvalue weighted by Crippen LogP contribution is -2.33. The van der Waals surface area contributed by atoms with Crippen molar-refractivity contribution in [2.75, 3.05) is 6.54 Å². The van der Waals surface area contributed by atoms with Crippen LogP contribution in [0.4, 0.5) is 5.69 Å². The Kier molecular flexibility index (Phi) is 3.46. The molecule has 0 amide bonds. The van der Waals surface area contributed by atoms with Gasteiger partial charge in [-0.15, -0.1) is 0 Å². The minimum absolute atomic E-state index is 0.113. The van der Waals surface area contributed by atoms with Crippen LogP contribution in [0.15, 0.2) is 23.1 Å². The number of benzene rings is 1. The summed E-state index contributed by atoms with van der Waals surface area (Å²) in [6.45, 7) is 2.22. The zero-order valence-electron chi connectivity index (χ0n) is 10.3. The highest BCUT2D eigenvalue weighted by molar-refractivity contribution is 7.89. The fourth-order valence-corrected chi connectivity index (χ4v) is 3.93. The topological polar surface area (TPSA) is 101 Å². The van der Waals surface area contributed by atoms with Gasteiger partial charge in [0, 0.05) is 18.7 Å². The minimum atomic E-state index is -3.74. The summed E-state index contributed by atoms with van der Waals surface area (Å²) in [6.07, 6.45) is 1.56. The van der Waals surface area contributed by atoms with Crippen molar-refractivity contribution in [1.29, 1.82) is 0 Å². The van der Waals surface area contributed by atoms with Crippen LogP contribution in [0.5, 0.6) is 5.75 Å². The van der Waals surface area contributed by atoms with Crippen LogP contribution >= 0.6 is 0 Å². The van der Waals surface area contributed by atoms with Crippen molar-refractivity contribution in [3.8, 4) is 5.75 Å². The van der Waals surface area contributed by atoms with E-state index in [0.717, 1.165) is 25.0 Å². The number of sulfonamides is 1. The second-order valence-corrected chi connectivity index (χ2v) is 6.41. The number of nitro groups is 1. The highest BCUT2D eigenvalue weighted by atomic mass is 32.2. The Morgan fingerprint density at radius 2 is 2.16 bits per heavy atom. The number of phenolic OH excluding ortho intramolecular Hbond substituents is 1. The molecule has 1 aromatic rings. The van der Waals surface area contributed by atoms with E-state index < -0.39 is 26.4 Å². The Morgan fingerprint density at radius 1 is 1.47 bits per heavy atom. The smallest absolute Gasteiger partial charge is 0.312 e. The van der Waals surface area contributed by atoms with Crippen LogP contribution in [0.3, 0.4) is 0 Å². The second-order valence-electron chi connectivity index (χ2n) is 4.51. The maximum atomic E-state index is 12.4. The summed E-state index contributed by atoms with van der Waals surface area (Å²) in [5.74, 6) is -0.543. The molecule has 7 nitrogen and oxygen atoms in total. The molecule has 1 aromatic carbocycles. The predicted molar refractivity (Wildman–Crippen MR) is 67.3 cm³/mol. The lowest BCUT2D eigenvalue weighted by Gasteiger charge is -2.20. The zero-order valence-corrected chi connectivity index (χ0v) is 11.1. The summed E-state index contributed by atoms with van der Waals surface area (Å²) in [6, 6.07) is 3.00. The van der Waals surface area contributed by atoms with E-state index in [1.54, 1.807) is 6.92 Å². The van der Waals surface area contributed by atoms with Crippen LogP contribution in [0.1, 0.15) is 19.8 Å². The minimum Gasteiger partial charge on any atom is -0.502 e. The number of hydrogen-bond donors (Lipinski definition) is 1. The summed E-state index contributed by atoms with van der Waals surface area (Å²) < 4.78 is 26.0. The molecule has 19 heavy (non-hydrogen) atoms. The molecule has 0 aliphatic carbocycles. The molecule has 1 heterocycles. The van der Waals surface area contributed by atoms with Crippen LogP contribution in [-0.2, 0) is 10.0 Å². The third-order valence-electron chi connectivity index (χ3n) is 3.24. The highest BCUT2D eigenvalue weighted by Gasteiger charge is 2.33. The molecule has 1 unspecified atom stereocenters. The Balaban J connectivity index is 2.46. The van der Waals surface area contributed by atoms with E-state index in [9.17, 15) is 23.6 Å². The fraction of sp³-hybridized carbons (Fsp3) is 0.455. The number of rotatable bonds is 3. The van der Waals surface area contributed by atoms with Crippen LogP contribution in [0.2, 0.25) is 0 Å². The normalized spacial score (nSPS) is 20.6. The molecule has 1 atom stereocenters. The van der Waals surface area contributed by atoms with E-state index in [4.69, 9.17) is 0 Å². The van der Waals surface area contributed by atoms with E-state index in [2.05, 4.69) is 0 Å². The Bertz CT molecular complexity index is 614. The third-order valence-corrected chi connectivity index (χ3v) is 5.25. The maximum Gasteiger partial charge on any atom is 0.312 e. The zero-order chi connectivity index (χ0) is 14.2. The van der Waals surface area contributed by atoms with Crippen molar-refractivity contribution in [2.45, 2.75) is 30.7 Å². The lowest BCUT2D eigenvalue weighted by molar-refractivity contribution is -0.386. The molecular formula is C11H14N2O5S. The van der Waals surface area contributed by atoms with Gasteiger partial charge in [-0.3, -0.25) is 10.1 Å². The second kappa shape index (κ2) is 4.78. The quantitative estimate of drug-likeness (QED) is 0.670. The summed E-state index contributed by atoms with van der Waals surface area (Å²) in [5, 5.41) is 20.1. The van der Waals surface area contributed by atoms with Gasteiger partial charge >= 0.3 is 5.69 Å². The SMILES string of the molecule is CC1CCCN1S(=O)(=O)c1ccc(O)c([N+](=O)[O-])c1. The van der Waals surface area contributed by atoms with Gasteiger partial charge in [0.1, 0.15) is 0 Å². The standard InChI is InChI=1S/C11H14N2O5S/c1-8-3-2-6-12(8)19(17,18)9-4-5-11(14)10(7-9)13(15)16/h4-5,7-8,14H,2-3,6H2,1H3. The summed E-state index contributed by atoms with van der Waals surface area (Å²) in [7, 11) is -3.74. The van der Waals surface area contributed by atoms with Crippen molar-refractivity contribution < 1.29 is 18.4 Å². The van der Waals surface area contributed by atoms with Crippen LogP contribution in [-0.4, -0.2) is 35.3 Å². The van der Waals surface area contributed by atoms with Crippen LogP contribution in [0, 0.1) is 10.1 Å². The van der Waals surface area contributed by atoms with Crippen molar-refractivity contribution >= 4 is 15.7 Å². The first-order valence-corrected chi connectivity index (χ1v) is 7.27. The van der Waals surface area contributed by atoms with Gasteiger partial charge < -0.3 is 5.11 Å². The Labute approximate surface area is 110 Å². The van der Waals surface area contributed by atoms with Gasteiger partial charge in [0.25, 0.3) is 0 Å². The average Bonchev–Trinajstić information content (AvgIpc) is 2.76. The number of hydrogen-bond acceptors (Lipinski definition) is 5. The third kappa shape index (κ3) is 2.41. The molecule has 2 rings (SSSR count). The van der Waals surface area contributed by atoms with Gasteiger partial charge in [0.15, 0.2) is 5.75 Å². The first kappa shape index (κ1) is 13.8. The number of nitrogens with zero attached hydrogens (tertiary/aromatic N) is 2. The van der Waals surface area contributed by atoms with Crippen LogP contribution in [0.25, 0.3) is 0 Å². The molecule has 8 heteroatoms. The maximum absolute atomic E-state index is 12.4. The van der Waals surface area contributed by atoms with Crippen molar-refractivity contribution in [3.05, 3.63) is 28.3 Å². The van der Waals surface area contributed by atoms with Gasteiger partial charge in [-0.25, -0.2) is 8.42 Å². The molecule has 104 valence electrons. The molecule has 1 aliphatic heterocycles. The molecule has 0 spiro atoms. The fourth-order valence-electron chi connectivity index (χ4n) is 2.21. The van der Waals surface area contributed by atoms with Gasteiger partial charge in [0.05, 0.1) is 9.82 Å². The van der Waals surface area contributed by atoms with E-state index >= 15 is 0 Å². The Morgan fingerprint density at radius 3 is 2.68 bits per heavy atom. The van der Waals surface area contributed by atoms with E-state index in [-0.39, 0.29) is 10.9 Å². The number of phenols is 1. The number of nitro benzene ring substituents is 1. The van der Waals surface area contributed by atoms with Gasteiger partial charge in [-0.2, -0.15) is 4.31 Å². The van der Waals surface area contributed by atoms with Crippen molar-refractivity contribution in [3.63, 3.8) is 0 Å². The Hall–Kier alpha value is -1.67. The monoisotopic (exact) mass is 286 g/mol.